The highest BCUT2D eigenvalue weighted by Crippen LogP contribution is 2.21. The summed E-state index contributed by atoms with van der Waals surface area (Å²) in [5.74, 6) is -0.323. The first-order valence-corrected chi connectivity index (χ1v) is 9.18. The molecular weight excluding hydrogens is 406 g/mol. The van der Waals surface area contributed by atoms with Crippen molar-refractivity contribution in [3.05, 3.63) is 81.2 Å². The van der Waals surface area contributed by atoms with Crippen LogP contribution in [0.1, 0.15) is 12.3 Å². The summed E-state index contributed by atoms with van der Waals surface area (Å²) >= 11 is 0. The van der Waals surface area contributed by atoms with Gasteiger partial charge in [0.05, 0.1) is 28.6 Å². The Morgan fingerprint density at radius 3 is 2.68 bits per heavy atom. The van der Waals surface area contributed by atoms with Gasteiger partial charge in [-0.25, -0.2) is 4.98 Å². The average molecular weight is 421 g/mol. The third kappa shape index (κ3) is 4.45. The average Bonchev–Trinajstić information content (AvgIpc) is 3.26. The monoisotopic (exact) mass is 421 g/mol. The van der Waals surface area contributed by atoms with E-state index in [0.717, 1.165) is 0 Å². The van der Waals surface area contributed by atoms with Crippen molar-refractivity contribution in [2.24, 2.45) is 0 Å². The van der Waals surface area contributed by atoms with E-state index in [1.165, 1.54) is 35.2 Å². The van der Waals surface area contributed by atoms with E-state index >= 15 is 0 Å². The maximum absolute atomic E-state index is 12.4. The van der Waals surface area contributed by atoms with Crippen molar-refractivity contribution in [2.45, 2.75) is 19.6 Å². The number of carbonyl (C=O) groups excluding carboxylic acids is 1. The summed E-state index contributed by atoms with van der Waals surface area (Å²) in [5, 5.41) is 18.8. The number of para-hydroxylation sites is 1. The Morgan fingerprint density at radius 1 is 1.13 bits per heavy atom. The summed E-state index contributed by atoms with van der Waals surface area (Å²) in [7, 11) is 0. The summed E-state index contributed by atoms with van der Waals surface area (Å²) in [6.07, 6.45) is 1.36. The molecule has 0 aliphatic rings. The number of nitro groups is 1. The molecule has 2 heterocycles. The Kier molecular flexibility index (Phi) is 5.47. The van der Waals surface area contributed by atoms with E-state index < -0.39 is 10.9 Å². The van der Waals surface area contributed by atoms with Gasteiger partial charge in [-0.1, -0.05) is 12.1 Å². The van der Waals surface area contributed by atoms with Crippen molar-refractivity contribution >= 4 is 22.6 Å². The lowest BCUT2D eigenvalue weighted by Crippen LogP contribution is -2.22. The van der Waals surface area contributed by atoms with Crippen LogP contribution in [-0.4, -0.2) is 30.6 Å². The molecule has 2 aromatic heterocycles. The lowest BCUT2D eigenvalue weighted by molar-refractivity contribution is -0.384. The van der Waals surface area contributed by atoms with Crippen LogP contribution in [-0.2, 0) is 22.7 Å². The van der Waals surface area contributed by atoms with Gasteiger partial charge in [-0.05, 0) is 24.3 Å². The van der Waals surface area contributed by atoms with Gasteiger partial charge in [0.1, 0.15) is 0 Å². The van der Waals surface area contributed by atoms with E-state index in [4.69, 9.17) is 9.15 Å². The molecule has 0 amide bonds. The van der Waals surface area contributed by atoms with Crippen LogP contribution >= 0.6 is 0 Å². The van der Waals surface area contributed by atoms with Crippen LogP contribution in [0.15, 0.2) is 64.1 Å². The van der Waals surface area contributed by atoms with Crippen LogP contribution in [0.2, 0.25) is 0 Å². The number of nitrogens with zero attached hydrogens (tertiary/aromatic N) is 5. The minimum Gasteiger partial charge on any atom is -0.456 e. The third-order valence-corrected chi connectivity index (χ3v) is 4.44. The lowest BCUT2D eigenvalue weighted by atomic mass is 10.2. The van der Waals surface area contributed by atoms with Gasteiger partial charge in [0.15, 0.2) is 6.61 Å². The molecular formula is C20H15N5O6. The molecule has 156 valence electrons. The minimum atomic E-state index is -0.546. The standard InChI is InChI=1S/C20H15N5O6/c26-18(9-10-24-12-21-16-4-2-1-3-15(16)20(24)27)30-11-17-22-23-19(31-17)13-5-7-14(8-6-13)25(28)29/h1-8,12H,9-11H2. The molecule has 0 saturated carbocycles. The van der Waals surface area contributed by atoms with Crippen molar-refractivity contribution in [1.82, 2.24) is 19.7 Å². The third-order valence-electron chi connectivity index (χ3n) is 4.44. The molecule has 11 heteroatoms. The second kappa shape index (κ2) is 8.53. The van der Waals surface area contributed by atoms with Crippen LogP contribution < -0.4 is 5.56 Å². The second-order valence-corrected chi connectivity index (χ2v) is 6.48. The number of nitro benzene ring substituents is 1. The fourth-order valence-electron chi connectivity index (χ4n) is 2.85. The topological polar surface area (TPSA) is 143 Å². The van der Waals surface area contributed by atoms with Crippen molar-refractivity contribution in [2.75, 3.05) is 0 Å². The summed E-state index contributed by atoms with van der Waals surface area (Å²) < 4.78 is 11.9. The van der Waals surface area contributed by atoms with Crippen LogP contribution in [0.5, 0.6) is 0 Å². The number of aromatic nitrogens is 4. The zero-order chi connectivity index (χ0) is 21.8. The molecule has 11 nitrogen and oxygen atoms in total. The summed E-state index contributed by atoms with van der Waals surface area (Å²) in [4.78, 5) is 38.8. The van der Waals surface area contributed by atoms with E-state index in [1.54, 1.807) is 24.3 Å². The molecule has 0 unspecified atom stereocenters. The highest BCUT2D eigenvalue weighted by molar-refractivity contribution is 5.77. The number of hydrogen-bond donors (Lipinski definition) is 0. The van der Waals surface area contributed by atoms with Gasteiger partial charge < -0.3 is 9.15 Å². The molecule has 0 aliphatic carbocycles. The molecule has 0 atom stereocenters. The van der Waals surface area contributed by atoms with Crippen LogP contribution in [0.3, 0.4) is 0 Å². The molecule has 0 aliphatic heterocycles. The first-order valence-electron chi connectivity index (χ1n) is 9.18. The Labute approximate surface area is 174 Å². The SMILES string of the molecule is O=C(CCn1cnc2ccccc2c1=O)OCc1nnc(-c2ccc([N+](=O)[O-])cc2)o1. The zero-order valence-electron chi connectivity index (χ0n) is 16.0. The summed E-state index contributed by atoms with van der Waals surface area (Å²) in [6.45, 7) is -0.114. The van der Waals surface area contributed by atoms with Gasteiger partial charge in [0.2, 0.25) is 5.89 Å². The van der Waals surface area contributed by atoms with Crippen LogP contribution in [0, 0.1) is 10.1 Å². The fraction of sp³-hybridized carbons (Fsp3) is 0.150. The highest BCUT2D eigenvalue weighted by Gasteiger charge is 2.13. The van der Waals surface area contributed by atoms with Crippen LogP contribution in [0.25, 0.3) is 22.4 Å². The predicted octanol–water partition coefficient (Wildman–Crippen LogP) is 2.49. The van der Waals surface area contributed by atoms with Gasteiger partial charge >= 0.3 is 5.97 Å². The summed E-state index contributed by atoms with van der Waals surface area (Å²) in [5.41, 5.74) is 0.798. The van der Waals surface area contributed by atoms with E-state index in [9.17, 15) is 19.7 Å². The maximum Gasteiger partial charge on any atom is 0.308 e. The number of fused-ring (bicyclic) bond motifs is 1. The lowest BCUT2D eigenvalue weighted by Gasteiger charge is -2.06. The van der Waals surface area contributed by atoms with Gasteiger partial charge in [0.25, 0.3) is 17.1 Å². The molecule has 2 aromatic carbocycles. The fourth-order valence-corrected chi connectivity index (χ4v) is 2.85. The van der Waals surface area contributed by atoms with E-state index in [0.29, 0.717) is 16.5 Å². The zero-order valence-corrected chi connectivity index (χ0v) is 16.0. The van der Waals surface area contributed by atoms with Crippen molar-refractivity contribution in [1.29, 1.82) is 0 Å². The molecule has 0 saturated heterocycles. The molecule has 4 aromatic rings. The van der Waals surface area contributed by atoms with Gasteiger partial charge in [0, 0.05) is 24.2 Å². The molecule has 4 rings (SSSR count). The minimum absolute atomic E-state index is 0.0384. The molecule has 0 bridgehead atoms. The predicted molar refractivity (Wildman–Crippen MR) is 107 cm³/mol. The maximum atomic E-state index is 12.4. The number of non-ortho nitro benzene ring substituents is 1. The van der Waals surface area contributed by atoms with E-state index in [-0.39, 0.29) is 42.6 Å². The van der Waals surface area contributed by atoms with Gasteiger partial charge in [-0.2, -0.15) is 0 Å². The Hall–Kier alpha value is -4.41. The molecule has 31 heavy (non-hydrogen) atoms. The normalized spacial score (nSPS) is 10.8. The number of esters is 1. The smallest absolute Gasteiger partial charge is 0.308 e. The van der Waals surface area contributed by atoms with E-state index in [1.807, 2.05) is 0 Å². The van der Waals surface area contributed by atoms with Gasteiger partial charge in [-0.3, -0.25) is 24.3 Å². The van der Waals surface area contributed by atoms with Crippen molar-refractivity contribution < 1.29 is 18.9 Å². The number of aryl methyl sites for hydroxylation is 1. The largest absolute Gasteiger partial charge is 0.456 e. The number of carbonyl (C=O) groups is 1. The number of ether oxygens (including phenoxy) is 1. The first-order chi connectivity index (χ1) is 15.0. The summed E-state index contributed by atoms with van der Waals surface area (Å²) in [6, 6.07) is 12.6. The molecule has 0 fully saturated rings. The number of hydrogen-bond acceptors (Lipinski definition) is 9. The highest BCUT2D eigenvalue weighted by atomic mass is 16.6. The van der Waals surface area contributed by atoms with E-state index in [2.05, 4.69) is 15.2 Å². The van der Waals surface area contributed by atoms with Crippen LogP contribution in [0.4, 0.5) is 5.69 Å². The Morgan fingerprint density at radius 2 is 1.90 bits per heavy atom. The second-order valence-electron chi connectivity index (χ2n) is 6.48. The Bertz CT molecular complexity index is 1310. The molecule has 0 N–H and O–H groups in total. The van der Waals surface area contributed by atoms with Crippen molar-refractivity contribution in [3.8, 4) is 11.5 Å². The quantitative estimate of drug-likeness (QED) is 0.250. The Balaban J connectivity index is 1.33. The van der Waals surface area contributed by atoms with Crippen molar-refractivity contribution in [3.63, 3.8) is 0 Å². The number of rotatable bonds is 7. The number of benzene rings is 2. The molecule has 0 radical (unpaired) electrons. The van der Waals surface area contributed by atoms with Gasteiger partial charge in [-0.15, -0.1) is 10.2 Å². The first kappa shape index (κ1) is 19.9. The molecule has 0 spiro atoms.